The molecule has 2 N–H and O–H groups in total. The summed E-state index contributed by atoms with van der Waals surface area (Å²) in [6, 6.07) is 1.02. The number of rotatable bonds is 7. The molecule has 0 aromatic rings. The Bertz CT molecular complexity index is 193. The summed E-state index contributed by atoms with van der Waals surface area (Å²) in [5, 5.41) is 13.5. The van der Waals surface area contributed by atoms with Crippen molar-refractivity contribution < 1.29 is 9.84 Å². The van der Waals surface area contributed by atoms with Crippen molar-refractivity contribution in [3.8, 4) is 0 Å². The highest BCUT2D eigenvalue weighted by molar-refractivity contribution is 7.99. The first-order chi connectivity index (χ1) is 7.88. The standard InChI is InChI=1S/C12H23NO2S/c14-9-11(13-10-1-2-10)5-8-16-12-3-6-15-7-4-12/h10-14H,1-9H2. The smallest absolute Gasteiger partial charge is 0.0585 e. The molecule has 94 valence electrons. The van der Waals surface area contributed by atoms with Crippen LogP contribution in [0.5, 0.6) is 0 Å². The molecule has 1 atom stereocenters. The Morgan fingerprint density at radius 2 is 2.00 bits per heavy atom. The van der Waals surface area contributed by atoms with E-state index in [-0.39, 0.29) is 6.61 Å². The average molecular weight is 245 g/mol. The summed E-state index contributed by atoms with van der Waals surface area (Å²) in [5.74, 6) is 1.16. The van der Waals surface area contributed by atoms with Crippen molar-refractivity contribution in [1.29, 1.82) is 0 Å². The first-order valence-corrected chi connectivity index (χ1v) is 7.49. The number of hydrogen-bond acceptors (Lipinski definition) is 4. The Morgan fingerprint density at radius 1 is 1.25 bits per heavy atom. The lowest BCUT2D eigenvalue weighted by Crippen LogP contribution is -2.34. The van der Waals surface area contributed by atoms with Gasteiger partial charge in [-0.25, -0.2) is 0 Å². The molecule has 0 radical (unpaired) electrons. The van der Waals surface area contributed by atoms with E-state index in [9.17, 15) is 5.11 Å². The van der Waals surface area contributed by atoms with Gasteiger partial charge in [-0.2, -0.15) is 11.8 Å². The molecule has 0 amide bonds. The van der Waals surface area contributed by atoms with Gasteiger partial charge in [-0.05, 0) is 37.9 Å². The molecule has 16 heavy (non-hydrogen) atoms. The first-order valence-electron chi connectivity index (χ1n) is 6.44. The molecule has 1 aliphatic carbocycles. The fraction of sp³-hybridized carbons (Fsp3) is 1.00. The van der Waals surface area contributed by atoms with Gasteiger partial charge in [-0.15, -0.1) is 0 Å². The Labute approximate surface area is 102 Å². The van der Waals surface area contributed by atoms with Gasteiger partial charge in [0.05, 0.1) is 6.61 Å². The lowest BCUT2D eigenvalue weighted by Gasteiger charge is -2.22. The second-order valence-electron chi connectivity index (χ2n) is 4.79. The number of thioether (sulfide) groups is 1. The van der Waals surface area contributed by atoms with Crippen molar-refractivity contribution in [2.24, 2.45) is 0 Å². The average Bonchev–Trinajstić information content (AvgIpc) is 3.13. The molecule has 1 saturated heterocycles. The van der Waals surface area contributed by atoms with Crippen LogP contribution in [-0.4, -0.2) is 48.0 Å². The van der Waals surface area contributed by atoms with Crippen LogP contribution in [0.4, 0.5) is 0 Å². The predicted octanol–water partition coefficient (Wildman–Crippen LogP) is 1.40. The van der Waals surface area contributed by atoms with Crippen LogP contribution in [0.15, 0.2) is 0 Å². The number of aliphatic hydroxyl groups excluding tert-OH is 1. The van der Waals surface area contributed by atoms with Gasteiger partial charge in [-0.3, -0.25) is 0 Å². The number of nitrogens with one attached hydrogen (secondary N) is 1. The largest absolute Gasteiger partial charge is 0.395 e. The van der Waals surface area contributed by atoms with Crippen molar-refractivity contribution in [3.63, 3.8) is 0 Å². The minimum absolute atomic E-state index is 0.283. The van der Waals surface area contributed by atoms with Crippen LogP contribution in [-0.2, 0) is 4.74 Å². The van der Waals surface area contributed by atoms with Crippen LogP contribution in [0, 0.1) is 0 Å². The molecule has 0 aromatic heterocycles. The van der Waals surface area contributed by atoms with Gasteiger partial charge in [0.15, 0.2) is 0 Å². The maximum atomic E-state index is 9.25. The summed E-state index contributed by atoms with van der Waals surface area (Å²) in [5.41, 5.74) is 0. The highest BCUT2D eigenvalue weighted by Gasteiger charge is 2.24. The SMILES string of the molecule is OCC(CCSC1CCOCC1)NC1CC1. The van der Waals surface area contributed by atoms with Crippen LogP contribution in [0.2, 0.25) is 0 Å². The molecule has 0 spiro atoms. The summed E-state index contributed by atoms with van der Waals surface area (Å²) in [7, 11) is 0. The highest BCUT2D eigenvalue weighted by Crippen LogP contribution is 2.24. The number of ether oxygens (including phenoxy) is 1. The van der Waals surface area contributed by atoms with E-state index in [1.165, 1.54) is 25.7 Å². The molecule has 0 aromatic carbocycles. The quantitative estimate of drug-likeness (QED) is 0.711. The molecular weight excluding hydrogens is 222 g/mol. The molecule has 1 heterocycles. The molecule has 2 fully saturated rings. The van der Waals surface area contributed by atoms with Gasteiger partial charge in [0.2, 0.25) is 0 Å². The fourth-order valence-corrected chi connectivity index (χ4v) is 3.31. The first kappa shape index (κ1) is 12.7. The van der Waals surface area contributed by atoms with E-state index in [1.54, 1.807) is 0 Å². The third-order valence-electron chi connectivity index (χ3n) is 3.26. The highest BCUT2D eigenvalue weighted by atomic mass is 32.2. The zero-order valence-corrected chi connectivity index (χ0v) is 10.7. The minimum atomic E-state index is 0.283. The topological polar surface area (TPSA) is 41.5 Å². The Kier molecular flexibility index (Phi) is 5.42. The summed E-state index contributed by atoms with van der Waals surface area (Å²) >= 11 is 2.06. The number of aliphatic hydroxyl groups is 1. The monoisotopic (exact) mass is 245 g/mol. The Hall–Kier alpha value is 0.230. The van der Waals surface area contributed by atoms with Crippen LogP contribution in [0.25, 0.3) is 0 Å². The van der Waals surface area contributed by atoms with Crippen molar-refractivity contribution in [3.05, 3.63) is 0 Å². The van der Waals surface area contributed by atoms with Crippen molar-refractivity contribution >= 4 is 11.8 Å². The lowest BCUT2D eigenvalue weighted by atomic mass is 10.2. The predicted molar refractivity (Wildman–Crippen MR) is 67.9 cm³/mol. The van der Waals surface area contributed by atoms with Crippen molar-refractivity contribution in [2.45, 2.75) is 49.4 Å². The van der Waals surface area contributed by atoms with Gasteiger partial charge in [0, 0.05) is 30.5 Å². The van der Waals surface area contributed by atoms with E-state index >= 15 is 0 Å². The molecule has 1 aliphatic heterocycles. The lowest BCUT2D eigenvalue weighted by molar-refractivity contribution is 0.1000. The van der Waals surface area contributed by atoms with Crippen molar-refractivity contribution in [2.75, 3.05) is 25.6 Å². The van der Waals surface area contributed by atoms with Crippen LogP contribution in [0.1, 0.15) is 32.1 Å². The van der Waals surface area contributed by atoms with E-state index in [0.717, 1.165) is 30.6 Å². The molecule has 1 unspecified atom stereocenters. The van der Waals surface area contributed by atoms with Crippen LogP contribution >= 0.6 is 11.8 Å². The Balaban J connectivity index is 1.54. The molecule has 4 heteroatoms. The van der Waals surface area contributed by atoms with E-state index < -0.39 is 0 Å². The van der Waals surface area contributed by atoms with E-state index in [0.29, 0.717) is 12.1 Å². The van der Waals surface area contributed by atoms with E-state index in [2.05, 4.69) is 17.1 Å². The van der Waals surface area contributed by atoms with Gasteiger partial charge in [-0.1, -0.05) is 0 Å². The molecule has 0 bridgehead atoms. The van der Waals surface area contributed by atoms with Gasteiger partial charge < -0.3 is 15.2 Å². The third kappa shape index (κ3) is 4.62. The molecule has 2 aliphatic rings. The summed E-state index contributed by atoms with van der Waals surface area (Å²) in [4.78, 5) is 0. The van der Waals surface area contributed by atoms with E-state index in [1.807, 2.05) is 0 Å². The van der Waals surface area contributed by atoms with Crippen molar-refractivity contribution in [1.82, 2.24) is 5.32 Å². The zero-order chi connectivity index (χ0) is 11.2. The van der Waals surface area contributed by atoms with Gasteiger partial charge in [0.25, 0.3) is 0 Å². The maximum absolute atomic E-state index is 9.25. The normalized spacial score (nSPS) is 24.6. The van der Waals surface area contributed by atoms with Gasteiger partial charge >= 0.3 is 0 Å². The number of hydrogen-bond donors (Lipinski definition) is 2. The second-order valence-corrected chi connectivity index (χ2v) is 6.20. The van der Waals surface area contributed by atoms with Crippen LogP contribution < -0.4 is 5.32 Å². The van der Waals surface area contributed by atoms with Gasteiger partial charge in [0.1, 0.15) is 0 Å². The maximum Gasteiger partial charge on any atom is 0.0585 e. The molecular formula is C12H23NO2S. The second kappa shape index (κ2) is 6.84. The summed E-state index contributed by atoms with van der Waals surface area (Å²) < 4.78 is 5.34. The van der Waals surface area contributed by atoms with Crippen LogP contribution in [0.3, 0.4) is 0 Å². The molecule has 3 nitrogen and oxygen atoms in total. The minimum Gasteiger partial charge on any atom is -0.395 e. The summed E-state index contributed by atoms with van der Waals surface area (Å²) in [6.07, 6.45) is 6.08. The molecule has 2 rings (SSSR count). The zero-order valence-electron chi connectivity index (χ0n) is 9.86. The van der Waals surface area contributed by atoms with E-state index in [4.69, 9.17) is 4.74 Å². The summed E-state index contributed by atoms with van der Waals surface area (Å²) in [6.45, 7) is 2.15. The Morgan fingerprint density at radius 3 is 2.62 bits per heavy atom. The fourth-order valence-electron chi connectivity index (χ4n) is 2.03. The third-order valence-corrected chi connectivity index (χ3v) is 4.67. The molecule has 1 saturated carbocycles.